The average molecular weight is 448 g/mol. The standard InChI is InChI=1S/C27H30FN3O2/c1-3-23(20-9-5-4-6-10-20)30-26(32)22-17-25(31-16-8-7-11-24(22)31)27(33)29-18(2)19-12-14-21(28)15-13-19/h4-6,9-10,12-15,17-18,23H,3,7-8,11,16H2,1-2H3,(H,29,33)(H,30,32)/t18-,23-/m0/s1. The molecule has 1 aromatic heterocycles. The van der Waals surface area contributed by atoms with Gasteiger partial charge in [0.05, 0.1) is 17.6 Å². The van der Waals surface area contributed by atoms with Crippen molar-refractivity contribution in [1.29, 1.82) is 0 Å². The molecule has 2 atom stereocenters. The molecule has 0 saturated heterocycles. The maximum Gasteiger partial charge on any atom is 0.268 e. The third kappa shape index (κ3) is 5.00. The summed E-state index contributed by atoms with van der Waals surface area (Å²) in [5, 5.41) is 6.15. The lowest BCUT2D eigenvalue weighted by Crippen LogP contribution is -2.30. The van der Waals surface area contributed by atoms with Gasteiger partial charge in [0.15, 0.2) is 0 Å². The van der Waals surface area contributed by atoms with Crippen LogP contribution in [0.25, 0.3) is 0 Å². The minimum absolute atomic E-state index is 0.0892. The van der Waals surface area contributed by atoms with Crippen LogP contribution >= 0.6 is 0 Å². The number of nitrogens with one attached hydrogen (secondary N) is 2. The molecule has 172 valence electrons. The maximum atomic E-state index is 13.3. The van der Waals surface area contributed by atoms with Crippen LogP contribution in [0.2, 0.25) is 0 Å². The summed E-state index contributed by atoms with van der Waals surface area (Å²) in [5.74, 6) is -0.694. The highest BCUT2D eigenvalue weighted by molar-refractivity contribution is 6.01. The van der Waals surface area contributed by atoms with Gasteiger partial charge in [0.2, 0.25) is 0 Å². The Kier molecular flexibility index (Phi) is 6.92. The van der Waals surface area contributed by atoms with E-state index in [-0.39, 0.29) is 29.7 Å². The molecule has 4 rings (SSSR count). The van der Waals surface area contributed by atoms with Crippen LogP contribution < -0.4 is 10.6 Å². The average Bonchev–Trinajstić information content (AvgIpc) is 3.23. The molecule has 33 heavy (non-hydrogen) atoms. The summed E-state index contributed by atoms with van der Waals surface area (Å²) in [6, 6.07) is 17.4. The number of halogens is 1. The number of carbonyl (C=O) groups excluding carboxylic acids is 2. The minimum Gasteiger partial charge on any atom is -0.345 e. The van der Waals surface area contributed by atoms with E-state index in [0.29, 0.717) is 17.8 Å². The van der Waals surface area contributed by atoms with Crippen LogP contribution in [0.5, 0.6) is 0 Å². The number of hydrogen-bond acceptors (Lipinski definition) is 2. The van der Waals surface area contributed by atoms with E-state index in [2.05, 4.69) is 10.6 Å². The Balaban J connectivity index is 1.56. The number of amides is 2. The van der Waals surface area contributed by atoms with Crippen molar-refractivity contribution in [2.24, 2.45) is 0 Å². The molecular formula is C27H30FN3O2. The van der Waals surface area contributed by atoms with Gasteiger partial charge in [0, 0.05) is 12.2 Å². The molecule has 1 aliphatic heterocycles. The van der Waals surface area contributed by atoms with E-state index in [9.17, 15) is 14.0 Å². The van der Waals surface area contributed by atoms with E-state index in [0.717, 1.165) is 42.5 Å². The second-order valence-electron chi connectivity index (χ2n) is 8.59. The minimum atomic E-state index is -0.311. The number of rotatable bonds is 7. The number of benzene rings is 2. The summed E-state index contributed by atoms with van der Waals surface area (Å²) >= 11 is 0. The van der Waals surface area contributed by atoms with Crippen LogP contribution in [0.1, 0.15) is 82.9 Å². The van der Waals surface area contributed by atoms with Gasteiger partial charge >= 0.3 is 0 Å². The molecule has 6 heteroatoms. The van der Waals surface area contributed by atoms with E-state index in [1.807, 2.05) is 48.7 Å². The van der Waals surface area contributed by atoms with Crippen molar-refractivity contribution >= 4 is 11.8 Å². The number of fused-ring (bicyclic) bond motifs is 1. The van der Waals surface area contributed by atoms with Gasteiger partial charge in [-0.2, -0.15) is 0 Å². The summed E-state index contributed by atoms with van der Waals surface area (Å²) in [5.41, 5.74) is 3.87. The Labute approximate surface area is 194 Å². The highest BCUT2D eigenvalue weighted by Crippen LogP contribution is 2.26. The normalized spacial score (nSPS) is 14.8. The van der Waals surface area contributed by atoms with Crippen molar-refractivity contribution in [3.05, 3.63) is 94.6 Å². The van der Waals surface area contributed by atoms with Crippen LogP contribution in [-0.4, -0.2) is 16.4 Å². The third-order valence-electron chi connectivity index (χ3n) is 6.36. The SMILES string of the molecule is CC[C@H](NC(=O)c1cc(C(=O)N[C@@H](C)c2ccc(F)cc2)n2c1CCCC2)c1ccccc1. The lowest BCUT2D eigenvalue weighted by molar-refractivity contribution is 0.0925. The molecule has 0 spiro atoms. The van der Waals surface area contributed by atoms with E-state index in [1.165, 1.54) is 12.1 Å². The monoisotopic (exact) mass is 447 g/mol. The Morgan fingerprint density at radius 2 is 1.70 bits per heavy atom. The molecule has 2 N–H and O–H groups in total. The number of nitrogens with zero attached hydrogens (tertiary/aromatic N) is 1. The molecule has 0 saturated carbocycles. The van der Waals surface area contributed by atoms with Crippen LogP contribution in [0.3, 0.4) is 0 Å². The van der Waals surface area contributed by atoms with Gasteiger partial charge in [-0.15, -0.1) is 0 Å². The number of hydrogen-bond donors (Lipinski definition) is 2. The topological polar surface area (TPSA) is 63.1 Å². The van der Waals surface area contributed by atoms with Gasteiger partial charge < -0.3 is 15.2 Å². The molecule has 5 nitrogen and oxygen atoms in total. The fraction of sp³-hybridized carbons (Fsp3) is 0.333. The van der Waals surface area contributed by atoms with Crippen molar-refractivity contribution in [3.63, 3.8) is 0 Å². The Morgan fingerprint density at radius 3 is 2.39 bits per heavy atom. The van der Waals surface area contributed by atoms with E-state index in [4.69, 9.17) is 0 Å². The molecule has 0 fully saturated rings. The number of carbonyl (C=O) groups is 2. The van der Waals surface area contributed by atoms with Gasteiger partial charge in [-0.3, -0.25) is 9.59 Å². The fourth-order valence-electron chi connectivity index (χ4n) is 4.51. The smallest absolute Gasteiger partial charge is 0.268 e. The predicted molar refractivity (Wildman–Crippen MR) is 127 cm³/mol. The zero-order valence-corrected chi connectivity index (χ0v) is 19.1. The molecule has 2 amide bonds. The third-order valence-corrected chi connectivity index (χ3v) is 6.36. The lowest BCUT2D eigenvalue weighted by atomic mass is 10.0. The largest absolute Gasteiger partial charge is 0.345 e. The molecule has 0 radical (unpaired) electrons. The number of aromatic nitrogens is 1. The van der Waals surface area contributed by atoms with Crippen LogP contribution in [0.15, 0.2) is 60.7 Å². The van der Waals surface area contributed by atoms with E-state index >= 15 is 0 Å². The summed E-state index contributed by atoms with van der Waals surface area (Å²) in [7, 11) is 0. The Hall–Kier alpha value is -3.41. The Morgan fingerprint density at radius 1 is 0.970 bits per heavy atom. The first-order chi connectivity index (χ1) is 16.0. The molecule has 0 bridgehead atoms. The highest BCUT2D eigenvalue weighted by atomic mass is 19.1. The van der Waals surface area contributed by atoms with Crippen molar-refractivity contribution in [2.45, 2.75) is 58.2 Å². The summed E-state index contributed by atoms with van der Waals surface area (Å²) < 4.78 is 15.2. The second kappa shape index (κ2) is 10.0. The predicted octanol–water partition coefficient (Wildman–Crippen LogP) is 5.34. The molecule has 3 aromatic rings. The lowest BCUT2D eigenvalue weighted by Gasteiger charge is -2.21. The summed E-state index contributed by atoms with van der Waals surface area (Å²) in [6.07, 6.45) is 3.51. The van der Waals surface area contributed by atoms with Crippen molar-refractivity contribution in [1.82, 2.24) is 15.2 Å². The first-order valence-electron chi connectivity index (χ1n) is 11.6. The quantitative estimate of drug-likeness (QED) is 0.514. The highest BCUT2D eigenvalue weighted by Gasteiger charge is 2.27. The molecule has 2 heterocycles. The van der Waals surface area contributed by atoms with Crippen molar-refractivity contribution in [3.8, 4) is 0 Å². The first-order valence-corrected chi connectivity index (χ1v) is 11.6. The summed E-state index contributed by atoms with van der Waals surface area (Å²) in [6.45, 7) is 4.62. The van der Waals surface area contributed by atoms with Gasteiger partial charge in [0.25, 0.3) is 11.8 Å². The van der Waals surface area contributed by atoms with Gasteiger partial charge in [-0.05, 0) is 61.9 Å². The van der Waals surface area contributed by atoms with Crippen molar-refractivity contribution in [2.75, 3.05) is 0 Å². The second-order valence-corrected chi connectivity index (χ2v) is 8.59. The molecule has 2 aromatic carbocycles. The zero-order chi connectivity index (χ0) is 23.4. The fourth-order valence-corrected chi connectivity index (χ4v) is 4.51. The van der Waals surface area contributed by atoms with Crippen LogP contribution in [0.4, 0.5) is 4.39 Å². The van der Waals surface area contributed by atoms with E-state index < -0.39 is 0 Å². The maximum absolute atomic E-state index is 13.3. The van der Waals surface area contributed by atoms with Gasteiger partial charge in [0.1, 0.15) is 11.5 Å². The molecule has 0 unspecified atom stereocenters. The Bertz CT molecular complexity index is 1120. The molecular weight excluding hydrogens is 417 g/mol. The van der Waals surface area contributed by atoms with Gasteiger partial charge in [-0.25, -0.2) is 4.39 Å². The van der Waals surface area contributed by atoms with Crippen molar-refractivity contribution < 1.29 is 14.0 Å². The summed E-state index contributed by atoms with van der Waals surface area (Å²) in [4.78, 5) is 26.4. The van der Waals surface area contributed by atoms with Crippen LogP contribution in [-0.2, 0) is 13.0 Å². The van der Waals surface area contributed by atoms with Crippen LogP contribution in [0, 0.1) is 5.82 Å². The molecule has 1 aliphatic rings. The first kappa shape index (κ1) is 22.8. The zero-order valence-electron chi connectivity index (χ0n) is 19.1. The molecule has 0 aliphatic carbocycles. The van der Waals surface area contributed by atoms with Gasteiger partial charge in [-0.1, -0.05) is 49.4 Å². The van der Waals surface area contributed by atoms with E-state index in [1.54, 1.807) is 18.2 Å².